The van der Waals surface area contributed by atoms with Gasteiger partial charge in [0, 0.05) is 23.0 Å². The van der Waals surface area contributed by atoms with Crippen LogP contribution in [0.15, 0.2) is 11.6 Å². The zero-order valence-corrected chi connectivity index (χ0v) is 37.4. The molecule has 0 aromatic heterocycles. The Morgan fingerprint density at radius 2 is 1.42 bits per heavy atom. The minimum atomic E-state index is -0.452. The lowest BCUT2D eigenvalue weighted by Gasteiger charge is -2.27. The van der Waals surface area contributed by atoms with Gasteiger partial charge in [-0.15, -0.1) is 0 Å². The average molecular weight is 849 g/mol. The Hall–Kier alpha value is -1.86. The zero-order valence-electron chi connectivity index (χ0n) is 36.6. The molecule has 5 heterocycles. The maximum absolute atomic E-state index is 13.2. The molecule has 0 spiro atoms. The third-order valence-corrected chi connectivity index (χ3v) is 14.9. The quantitative estimate of drug-likeness (QED) is 0.0302. The van der Waals surface area contributed by atoms with Gasteiger partial charge in [0.2, 0.25) is 0 Å². The summed E-state index contributed by atoms with van der Waals surface area (Å²) in [5.74, 6) is 0.625. The predicted molar refractivity (Wildman–Crippen MR) is 233 cm³/mol. The molecule has 11 nitrogen and oxygen atoms in total. The molecule has 0 saturated carbocycles. The van der Waals surface area contributed by atoms with Crippen LogP contribution in [-0.4, -0.2) is 100 Å². The van der Waals surface area contributed by atoms with Crippen molar-refractivity contribution in [3.8, 4) is 0 Å². The highest BCUT2D eigenvalue weighted by Gasteiger charge is 2.43. The first-order chi connectivity index (χ1) is 28.7. The predicted octanol–water partition coefficient (Wildman–Crippen LogP) is 9.13. The van der Waals surface area contributed by atoms with Crippen LogP contribution in [0.5, 0.6) is 0 Å². The lowest BCUT2D eigenvalue weighted by atomic mass is 9.99. The molecule has 59 heavy (non-hydrogen) atoms. The standard InChI is InChI=1S/C47H80N2O9S/c1-3-4-5-15-21-35(50)22-19-24-39(58-44(52)26-18-17-25-43-45-36(32-59-43)48-47(54)49-45)40-29-30-42(57-40)41-28-27-38(56-41)37(51)23-16-13-11-9-7-6-8-10-12-14-20-34-31-33(2)55-46(34)53/h31,33,35-43,45,50-51H,3-30,32H2,1-2H3,(H2,48,49,54)/t33-,35-,36-,37+,38+,39-,40+,41+,42+,43-,45-/m0/s1. The maximum Gasteiger partial charge on any atom is 0.334 e. The van der Waals surface area contributed by atoms with Crippen molar-refractivity contribution in [2.45, 2.75) is 260 Å². The highest BCUT2D eigenvalue weighted by molar-refractivity contribution is 8.00. The summed E-state index contributed by atoms with van der Waals surface area (Å²) in [6, 6.07) is 0.322. The number of cyclic esters (lactones) is 1. The molecular weight excluding hydrogens is 769 g/mol. The van der Waals surface area contributed by atoms with Crippen LogP contribution in [0.2, 0.25) is 0 Å². The second-order valence-electron chi connectivity index (χ2n) is 18.4. The van der Waals surface area contributed by atoms with Gasteiger partial charge < -0.3 is 39.8 Å². The molecule has 5 aliphatic rings. The summed E-state index contributed by atoms with van der Waals surface area (Å²) in [5, 5.41) is 28.1. The van der Waals surface area contributed by atoms with Crippen molar-refractivity contribution in [1.29, 1.82) is 0 Å². The molecule has 0 aliphatic carbocycles. The first kappa shape index (κ1) is 48.2. The molecule has 0 unspecified atom stereocenters. The molecule has 5 aliphatic heterocycles. The largest absolute Gasteiger partial charge is 0.460 e. The SMILES string of the molecule is CCCCCC[C@H](O)CCC[C@H](OC(=O)CCCC[C@@H]1SC[C@@H]2NC(=O)N[C@@H]21)[C@H]1CC[C@H]([C@H]2CC[C@H]([C@H](O)CCCCCCCCCCCCC3=C[C@H](C)OC3=O)O2)O1. The number of urea groups is 1. The van der Waals surface area contributed by atoms with E-state index in [9.17, 15) is 24.6 Å². The molecule has 338 valence electrons. The number of hydrogen-bond donors (Lipinski definition) is 4. The number of nitrogens with one attached hydrogen (secondary N) is 2. The Kier molecular flexibility index (Phi) is 21.7. The van der Waals surface area contributed by atoms with Crippen molar-refractivity contribution in [2.75, 3.05) is 5.75 Å². The summed E-state index contributed by atoms with van der Waals surface area (Å²) in [6.45, 7) is 4.11. The number of esters is 2. The molecular formula is C47H80N2O9S. The van der Waals surface area contributed by atoms with E-state index in [0.29, 0.717) is 24.5 Å². The van der Waals surface area contributed by atoms with E-state index in [-0.39, 0.29) is 72.8 Å². The number of thioether (sulfide) groups is 1. The monoisotopic (exact) mass is 849 g/mol. The van der Waals surface area contributed by atoms with Gasteiger partial charge in [-0.05, 0) is 96.5 Å². The van der Waals surface area contributed by atoms with Crippen molar-refractivity contribution in [3.63, 3.8) is 0 Å². The number of carbonyl (C=O) groups excluding carboxylic acids is 3. The summed E-state index contributed by atoms with van der Waals surface area (Å²) in [4.78, 5) is 36.6. The number of ether oxygens (including phenoxy) is 4. The summed E-state index contributed by atoms with van der Waals surface area (Å²) >= 11 is 1.90. The van der Waals surface area contributed by atoms with E-state index in [1.54, 1.807) is 0 Å². The number of amides is 2. The molecule has 4 saturated heterocycles. The number of fused-ring (bicyclic) bond motifs is 1. The van der Waals surface area contributed by atoms with Crippen LogP contribution in [0.4, 0.5) is 4.79 Å². The highest BCUT2D eigenvalue weighted by atomic mass is 32.2. The fourth-order valence-corrected chi connectivity index (χ4v) is 11.4. The second-order valence-corrected chi connectivity index (χ2v) is 19.6. The molecule has 4 N–H and O–H groups in total. The normalized spacial score (nSPS) is 29.2. The third-order valence-electron chi connectivity index (χ3n) is 13.4. The van der Waals surface area contributed by atoms with Gasteiger partial charge in [0.1, 0.15) is 12.2 Å². The van der Waals surface area contributed by atoms with E-state index in [2.05, 4.69) is 17.6 Å². The van der Waals surface area contributed by atoms with E-state index in [1.807, 2.05) is 24.8 Å². The van der Waals surface area contributed by atoms with E-state index < -0.39 is 6.10 Å². The van der Waals surface area contributed by atoms with Gasteiger partial charge in [-0.3, -0.25) is 4.79 Å². The molecule has 2 amide bonds. The van der Waals surface area contributed by atoms with Crippen LogP contribution in [0.1, 0.15) is 194 Å². The van der Waals surface area contributed by atoms with Crippen molar-refractivity contribution in [2.24, 2.45) is 0 Å². The summed E-state index contributed by atoms with van der Waals surface area (Å²) in [7, 11) is 0. The molecule has 4 fully saturated rings. The molecule has 0 aromatic carbocycles. The molecule has 12 heteroatoms. The molecule has 0 radical (unpaired) electrons. The number of carbonyl (C=O) groups is 3. The Balaban J connectivity index is 0.938. The van der Waals surface area contributed by atoms with Crippen LogP contribution in [0.25, 0.3) is 0 Å². The molecule has 0 aromatic rings. The Bertz CT molecular complexity index is 1290. The van der Waals surface area contributed by atoms with Crippen LogP contribution in [-0.2, 0) is 28.5 Å². The van der Waals surface area contributed by atoms with Crippen LogP contribution >= 0.6 is 11.8 Å². The maximum atomic E-state index is 13.2. The molecule has 5 rings (SSSR count). The minimum absolute atomic E-state index is 0.0474. The van der Waals surface area contributed by atoms with E-state index >= 15 is 0 Å². The topological polar surface area (TPSA) is 153 Å². The first-order valence-electron chi connectivity index (χ1n) is 24.2. The minimum Gasteiger partial charge on any atom is -0.460 e. The first-order valence-corrected chi connectivity index (χ1v) is 25.2. The van der Waals surface area contributed by atoms with Gasteiger partial charge >= 0.3 is 18.0 Å². The Morgan fingerprint density at radius 3 is 2.14 bits per heavy atom. The lowest BCUT2D eigenvalue weighted by molar-refractivity contribution is -0.161. The van der Waals surface area contributed by atoms with Crippen molar-refractivity contribution < 1.29 is 43.5 Å². The molecule has 0 bridgehead atoms. The van der Waals surface area contributed by atoms with E-state index in [4.69, 9.17) is 18.9 Å². The zero-order chi connectivity index (χ0) is 41.8. The van der Waals surface area contributed by atoms with E-state index in [0.717, 1.165) is 114 Å². The van der Waals surface area contributed by atoms with Crippen molar-refractivity contribution >= 4 is 29.7 Å². The fraction of sp³-hybridized carbons (Fsp3) is 0.894. The van der Waals surface area contributed by atoms with Gasteiger partial charge in [0.15, 0.2) is 0 Å². The van der Waals surface area contributed by atoms with Gasteiger partial charge in [-0.1, -0.05) is 96.8 Å². The van der Waals surface area contributed by atoms with Gasteiger partial charge in [0.25, 0.3) is 0 Å². The van der Waals surface area contributed by atoms with Crippen LogP contribution < -0.4 is 10.6 Å². The summed E-state index contributed by atoms with van der Waals surface area (Å²) in [6.07, 6.45) is 27.7. The summed E-state index contributed by atoms with van der Waals surface area (Å²) in [5.41, 5.74) is 0.854. The smallest absolute Gasteiger partial charge is 0.334 e. The van der Waals surface area contributed by atoms with Crippen molar-refractivity contribution in [3.05, 3.63) is 11.6 Å². The van der Waals surface area contributed by atoms with E-state index in [1.165, 1.54) is 57.8 Å². The number of unbranched alkanes of at least 4 members (excludes halogenated alkanes) is 13. The average Bonchev–Trinajstić information content (AvgIpc) is 4.06. The fourth-order valence-electron chi connectivity index (χ4n) is 9.88. The lowest BCUT2D eigenvalue weighted by Crippen LogP contribution is -2.36. The number of aliphatic hydroxyl groups excluding tert-OH is 2. The Labute approximate surface area is 360 Å². The second kappa shape index (κ2) is 26.6. The van der Waals surface area contributed by atoms with Gasteiger partial charge in [-0.2, -0.15) is 11.8 Å². The van der Waals surface area contributed by atoms with Crippen LogP contribution in [0.3, 0.4) is 0 Å². The molecule has 11 atom stereocenters. The third kappa shape index (κ3) is 16.7. The number of aliphatic hydroxyl groups is 2. The van der Waals surface area contributed by atoms with Gasteiger partial charge in [-0.25, -0.2) is 9.59 Å². The van der Waals surface area contributed by atoms with Crippen LogP contribution in [0, 0.1) is 0 Å². The van der Waals surface area contributed by atoms with Crippen molar-refractivity contribution in [1.82, 2.24) is 10.6 Å². The number of hydrogen-bond acceptors (Lipinski definition) is 10. The highest BCUT2D eigenvalue weighted by Crippen LogP contribution is 2.36. The Morgan fingerprint density at radius 1 is 0.780 bits per heavy atom. The number of rotatable bonds is 31. The summed E-state index contributed by atoms with van der Waals surface area (Å²) < 4.78 is 24.4. The van der Waals surface area contributed by atoms with Gasteiger partial charge in [0.05, 0.1) is 48.7 Å².